The largest absolute Gasteiger partial charge is 0.478 e. The van der Waals surface area contributed by atoms with Crippen LogP contribution in [0.25, 0.3) is 0 Å². The molecule has 1 aromatic heterocycles. The molecule has 1 aliphatic heterocycles. The molecule has 8 heteroatoms. The molecule has 27 heavy (non-hydrogen) atoms. The van der Waals surface area contributed by atoms with Crippen molar-refractivity contribution in [2.24, 2.45) is 0 Å². The summed E-state index contributed by atoms with van der Waals surface area (Å²) in [6, 6.07) is 8.78. The fraction of sp³-hybridized carbons (Fsp3) is 0.421. The molecule has 144 valence electrons. The minimum atomic E-state index is -0.931. The zero-order chi connectivity index (χ0) is 19.6. The highest BCUT2D eigenvalue weighted by Crippen LogP contribution is 2.22. The molecule has 0 fully saturated rings. The van der Waals surface area contributed by atoms with Crippen molar-refractivity contribution in [3.05, 3.63) is 52.8 Å². The van der Waals surface area contributed by atoms with Crippen molar-refractivity contribution < 1.29 is 19.8 Å². The number of rotatable bonds is 6. The molecule has 1 atom stereocenters. The van der Waals surface area contributed by atoms with Crippen molar-refractivity contribution in [1.29, 1.82) is 0 Å². The summed E-state index contributed by atoms with van der Waals surface area (Å²) in [5.41, 5.74) is 2.71. The van der Waals surface area contributed by atoms with Crippen LogP contribution in [-0.2, 0) is 24.4 Å². The highest BCUT2D eigenvalue weighted by atomic mass is 16.4. The van der Waals surface area contributed by atoms with Gasteiger partial charge in [0.15, 0.2) is 0 Å². The Morgan fingerprint density at radius 2 is 2.04 bits per heavy atom. The number of aliphatic hydroxyl groups excluding tert-OH is 1. The van der Waals surface area contributed by atoms with E-state index in [0.717, 1.165) is 17.8 Å². The van der Waals surface area contributed by atoms with Gasteiger partial charge in [-0.05, 0) is 23.8 Å². The number of benzene rings is 1. The molecule has 1 aromatic carbocycles. The maximum Gasteiger partial charge on any atom is 0.335 e. The van der Waals surface area contributed by atoms with E-state index in [2.05, 4.69) is 10.00 Å². The lowest BCUT2D eigenvalue weighted by Gasteiger charge is -2.27. The number of carboxylic acid groups (broad SMARTS) is 1. The van der Waals surface area contributed by atoms with Crippen molar-refractivity contribution in [3.63, 3.8) is 0 Å². The van der Waals surface area contributed by atoms with Crippen molar-refractivity contribution in [3.8, 4) is 0 Å². The van der Waals surface area contributed by atoms with E-state index in [-0.39, 0.29) is 17.9 Å². The number of amides is 1. The summed E-state index contributed by atoms with van der Waals surface area (Å²) < 4.78 is 1.86. The van der Waals surface area contributed by atoms with Crippen molar-refractivity contribution in [1.82, 2.24) is 19.6 Å². The Balaban J connectivity index is 1.66. The van der Waals surface area contributed by atoms with Crippen molar-refractivity contribution >= 4 is 11.9 Å². The average Bonchev–Trinajstić information content (AvgIpc) is 3.05. The standard InChI is InChI=1S/C19H24N4O4/c1-21(2)18(25)10-17(24)16-9-15-12-22(6-7-23(15)20-16)11-13-4-3-5-14(8-13)19(26)27/h3-5,8-9,17,24H,6-7,10-12H2,1-2H3,(H,26,27)/t17-/m1/s1. The average molecular weight is 372 g/mol. The van der Waals surface area contributed by atoms with Gasteiger partial charge in [0, 0.05) is 33.7 Å². The summed E-state index contributed by atoms with van der Waals surface area (Å²) in [6.07, 6.45) is -0.909. The van der Waals surface area contributed by atoms with Crippen LogP contribution in [0.15, 0.2) is 30.3 Å². The van der Waals surface area contributed by atoms with Crippen LogP contribution in [0.4, 0.5) is 0 Å². The molecule has 0 unspecified atom stereocenters. The van der Waals surface area contributed by atoms with Gasteiger partial charge in [0.25, 0.3) is 0 Å². The Bertz CT molecular complexity index is 846. The first-order valence-corrected chi connectivity index (χ1v) is 8.83. The first-order valence-electron chi connectivity index (χ1n) is 8.83. The fourth-order valence-corrected chi connectivity index (χ4v) is 3.15. The van der Waals surface area contributed by atoms with Crippen LogP contribution in [-0.4, -0.2) is 62.3 Å². The Hall–Kier alpha value is -2.71. The number of fused-ring (bicyclic) bond motifs is 1. The van der Waals surface area contributed by atoms with Gasteiger partial charge in [-0.15, -0.1) is 0 Å². The summed E-state index contributed by atoms with van der Waals surface area (Å²) >= 11 is 0. The zero-order valence-corrected chi connectivity index (χ0v) is 15.5. The summed E-state index contributed by atoms with van der Waals surface area (Å²) in [4.78, 5) is 26.6. The lowest BCUT2D eigenvalue weighted by atomic mass is 10.1. The van der Waals surface area contributed by atoms with Gasteiger partial charge in [-0.1, -0.05) is 12.1 Å². The van der Waals surface area contributed by atoms with Crippen LogP contribution in [0.2, 0.25) is 0 Å². The van der Waals surface area contributed by atoms with Crippen LogP contribution in [0.3, 0.4) is 0 Å². The number of carboxylic acids is 1. The predicted octanol–water partition coefficient (Wildman–Crippen LogP) is 1.11. The molecule has 0 radical (unpaired) electrons. The van der Waals surface area contributed by atoms with Crippen LogP contribution in [0.5, 0.6) is 0 Å². The van der Waals surface area contributed by atoms with E-state index in [4.69, 9.17) is 5.11 Å². The van der Waals surface area contributed by atoms with Crippen molar-refractivity contribution in [2.45, 2.75) is 32.2 Å². The molecule has 2 aromatic rings. The molecule has 2 heterocycles. The summed E-state index contributed by atoms with van der Waals surface area (Å²) in [7, 11) is 3.31. The summed E-state index contributed by atoms with van der Waals surface area (Å²) in [5, 5.41) is 23.8. The van der Waals surface area contributed by atoms with E-state index in [1.54, 1.807) is 32.3 Å². The zero-order valence-electron chi connectivity index (χ0n) is 15.5. The number of hydrogen-bond acceptors (Lipinski definition) is 5. The highest BCUT2D eigenvalue weighted by Gasteiger charge is 2.23. The van der Waals surface area contributed by atoms with Crippen LogP contribution in [0, 0.1) is 0 Å². The molecule has 0 bridgehead atoms. The lowest BCUT2D eigenvalue weighted by Crippen LogP contribution is -2.33. The van der Waals surface area contributed by atoms with E-state index < -0.39 is 12.1 Å². The third-order valence-corrected chi connectivity index (χ3v) is 4.68. The Kier molecular flexibility index (Phi) is 5.57. The maximum absolute atomic E-state index is 11.8. The smallest absolute Gasteiger partial charge is 0.335 e. The molecule has 0 saturated heterocycles. The molecule has 0 aliphatic carbocycles. The van der Waals surface area contributed by atoms with Gasteiger partial charge in [0.05, 0.1) is 29.9 Å². The van der Waals surface area contributed by atoms with Gasteiger partial charge >= 0.3 is 5.97 Å². The second kappa shape index (κ2) is 7.89. The Morgan fingerprint density at radius 1 is 1.26 bits per heavy atom. The monoisotopic (exact) mass is 372 g/mol. The number of aliphatic hydroxyl groups is 1. The lowest BCUT2D eigenvalue weighted by molar-refractivity contribution is -0.130. The third kappa shape index (κ3) is 4.53. The molecule has 0 spiro atoms. The molecular weight excluding hydrogens is 348 g/mol. The third-order valence-electron chi connectivity index (χ3n) is 4.68. The number of hydrogen-bond donors (Lipinski definition) is 2. The minimum absolute atomic E-state index is 0.00908. The molecule has 0 saturated carbocycles. The molecule has 3 rings (SSSR count). The van der Waals surface area contributed by atoms with Gasteiger partial charge in [-0.25, -0.2) is 4.79 Å². The Morgan fingerprint density at radius 3 is 2.74 bits per heavy atom. The number of aromatic nitrogens is 2. The minimum Gasteiger partial charge on any atom is -0.478 e. The SMILES string of the molecule is CN(C)C(=O)C[C@@H](O)c1cc2n(n1)CCN(Cc1cccc(C(=O)O)c1)C2. The second-order valence-corrected chi connectivity index (χ2v) is 7.01. The van der Waals surface area contributed by atoms with Gasteiger partial charge in [-0.3, -0.25) is 14.4 Å². The fourth-order valence-electron chi connectivity index (χ4n) is 3.15. The van der Waals surface area contributed by atoms with Crippen molar-refractivity contribution in [2.75, 3.05) is 20.6 Å². The predicted molar refractivity (Wildman–Crippen MR) is 98.0 cm³/mol. The van der Waals surface area contributed by atoms with Gasteiger partial charge in [0.2, 0.25) is 5.91 Å². The van der Waals surface area contributed by atoms with Gasteiger partial charge < -0.3 is 15.1 Å². The number of carbonyl (C=O) groups is 2. The Labute approximate surface area is 157 Å². The molecule has 1 aliphatic rings. The topological polar surface area (TPSA) is 98.9 Å². The second-order valence-electron chi connectivity index (χ2n) is 7.01. The number of aromatic carboxylic acids is 1. The van der Waals surface area contributed by atoms with E-state index in [1.165, 1.54) is 4.90 Å². The summed E-state index contributed by atoms with van der Waals surface area (Å²) in [6.45, 7) is 2.75. The van der Waals surface area contributed by atoms with E-state index in [9.17, 15) is 14.7 Å². The van der Waals surface area contributed by atoms with Crippen LogP contribution in [0.1, 0.15) is 39.8 Å². The highest BCUT2D eigenvalue weighted by molar-refractivity contribution is 5.87. The van der Waals surface area contributed by atoms with Gasteiger partial charge in [0.1, 0.15) is 6.10 Å². The summed E-state index contributed by atoms with van der Waals surface area (Å²) in [5.74, 6) is -1.08. The first kappa shape index (κ1) is 19.1. The van der Waals surface area contributed by atoms with Crippen LogP contribution >= 0.6 is 0 Å². The van der Waals surface area contributed by atoms with E-state index in [1.807, 2.05) is 16.8 Å². The van der Waals surface area contributed by atoms with E-state index >= 15 is 0 Å². The quantitative estimate of drug-likeness (QED) is 0.788. The molecule has 2 N–H and O–H groups in total. The molecule has 1 amide bonds. The van der Waals surface area contributed by atoms with E-state index in [0.29, 0.717) is 25.3 Å². The van der Waals surface area contributed by atoms with Crippen LogP contribution < -0.4 is 0 Å². The van der Waals surface area contributed by atoms with Gasteiger partial charge in [-0.2, -0.15) is 5.10 Å². The molecular formula is C19H24N4O4. The maximum atomic E-state index is 11.8. The number of nitrogens with zero attached hydrogens (tertiary/aromatic N) is 4. The first-order chi connectivity index (χ1) is 12.8. The molecule has 8 nitrogen and oxygen atoms in total. The number of carbonyl (C=O) groups excluding carboxylic acids is 1. The normalized spacial score (nSPS) is 15.2.